The van der Waals surface area contributed by atoms with Crippen LogP contribution in [0.15, 0.2) is 48.8 Å². The van der Waals surface area contributed by atoms with Crippen LogP contribution in [0.4, 0.5) is 5.82 Å². The highest BCUT2D eigenvalue weighted by atomic mass is 16.6. The van der Waals surface area contributed by atoms with E-state index in [-0.39, 0.29) is 23.9 Å². The van der Waals surface area contributed by atoms with E-state index in [4.69, 9.17) is 25.7 Å². The molecule has 0 bridgehead atoms. The summed E-state index contributed by atoms with van der Waals surface area (Å²) < 4.78 is 18.5. The lowest BCUT2D eigenvalue weighted by molar-refractivity contribution is -0.163. The maximum Gasteiger partial charge on any atom is 0.326 e. The summed E-state index contributed by atoms with van der Waals surface area (Å²) in [5.41, 5.74) is 9.94. The fraction of sp³-hybridized carbons (Fsp3) is 0.423. The molecule has 1 aromatic carbocycles. The molecule has 0 unspecified atom stereocenters. The van der Waals surface area contributed by atoms with Gasteiger partial charge in [-0.25, -0.2) is 9.50 Å². The molecule has 1 aliphatic heterocycles. The zero-order valence-corrected chi connectivity index (χ0v) is 21.3. The molecule has 2 aromatic heterocycles. The number of carbonyl (C=O) groups is 2. The molecule has 0 spiro atoms. The molecule has 0 radical (unpaired) electrons. The van der Waals surface area contributed by atoms with E-state index >= 15 is 0 Å². The van der Waals surface area contributed by atoms with Crippen molar-refractivity contribution in [3.63, 3.8) is 0 Å². The number of aliphatic hydroxyl groups excluding tert-OH is 1. The smallest absolute Gasteiger partial charge is 0.326 e. The third kappa shape index (κ3) is 4.79. The Morgan fingerprint density at radius 3 is 2.66 bits per heavy atom. The van der Waals surface area contributed by atoms with Gasteiger partial charge in [0.25, 0.3) is 0 Å². The summed E-state index contributed by atoms with van der Waals surface area (Å²) in [5.74, 6) is -1.45. The summed E-state index contributed by atoms with van der Waals surface area (Å²) >= 11 is 0. The third-order valence-electron chi connectivity index (χ3n) is 6.94. The van der Waals surface area contributed by atoms with Crippen molar-refractivity contribution < 1.29 is 28.9 Å². The highest BCUT2D eigenvalue weighted by molar-refractivity contribution is 5.80. The molecule has 200 valence electrons. The molecule has 4 rings (SSSR count). The summed E-state index contributed by atoms with van der Waals surface area (Å²) in [6.45, 7) is 4.66. The predicted octanol–water partition coefficient (Wildman–Crippen LogP) is 0.861. The Kier molecular flexibility index (Phi) is 7.37. The van der Waals surface area contributed by atoms with Crippen molar-refractivity contribution in [3.8, 4) is 6.07 Å². The predicted molar refractivity (Wildman–Crippen MR) is 134 cm³/mol. The summed E-state index contributed by atoms with van der Waals surface area (Å²) in [4.78, 5) is 29.5. The Labute approximate surface area is 219 Å². The summed E-state index contributed by atoms with van der Waals surface area (Å²) in [7, 11) is 0. The fourth-order valence-corrected chi connectivity index (χ4v) is 4.18. The number of ether oxygens (including phenoxy) is 3. The Balaban J connectivity index is 1.66. The Bertz CT molecular complexity index is 1370. The number of fused-ring (bicyclic) bond motifs is 1. The van der Waals surface area contributed by atoms with E-state index in [1.165, 1.54) is 23.8 Å². The first kappa shape index (κ1) is 27.0. The molecule has 0 aliphatic carbocycles. The van der Waals surface area contributed by atoms with Crippen molar-refractivity contribution in [2.24, 2.45) is 11.7 Å². The Hall–Kier alpha value is -4.05. The second kappa shape index (κ2) is 10.4. The lowest BCUT2D eigenvalue weighted by Crippen LogP contribution is -2.51. The largest absolute Gasteiger partial charge is 0.461 e. The number of aromatic nitrogens is 3. The molecule has 1 saturated heterocycles. The average Bonchev–Trinajstić information content (AvgIpc) is 3.44. The van der Waals surface area contributed by atoms with Crippen molar-refractivity contribution in [2.45, 2.75) is 56.6 Å². The monoisotopic (exact) mass is 522 g/mol. The van der Waals surface area contributed by atoms with Gasteiger partial charge in [0, 0.05) is 0 Å². The SMILES string of the molecule is CC(C)[C@@](C)(N)C(=O)OC[C@H]1O[C@@](C#N)(c2ccc3c(N)ncnn23)[C@H](O)[C@@H]1OC(=O)Cc1ccccc1. The van der Waals surface area contributed by atoms with Crippen LogP contribution in [-0.4, -0.2) is 62.1 Å². The van der Waals surface area contributed by atoms with Crippen LogP contribution < -0.4 is 11.5 Å². The summed E-state index contributed by atoms with van der Waals surface area (Å²) in [5, 5.41) is 25.8. The number of nitrogens with two attached hydrogens (primary N) is 2. The normalized spacial score (nSPS) is 24.6. The van der Waals surface area contributed by atoms with E-state index in [1.54, 1.807) is 44.2 Å². The minimum absolute atomic E-state index is 0.0812. The van der Waals surface area contributed by atoms with Crippen LogP contribution in [-0.2, 0) is 35.8 Å². The third-order valence-corrected chi connectivity index (χ3v) is 6.94. The average molecular weight is 523 g/mol. The Morgan fingerprint density at radius 1 is 1.29 bits per heavy atom. The first-order chi connectivity index (χ1) is 18.0. The molecule has 12 nitrogen and oxygen atoms in total. The zero-order valence-electron chi connectivity index (χ0n) is 21.3. The number of rotatable bonds is 8. The van der Waals surface area contributed by atoms with Crippen molar-refractivity contribution in [2.75, 3.05) is 12.3 Å². The number of aliphatic hydroxyl groups is 1. The highest BCUT2D eigenvalue weighted by Gasteiger charge is 2.60. The molecule has 0 saturated carbocycles. The molecule has 3 aromatic rings. The molecule has 1 fully saturated rings. The van der Waals surface area contributed by atoms with E-state index < -0.39 is 48.0 Å². The van der Waals surface area contributed by atoms with E-state index in [9.17, 15) is 20.0 Å². The van der Waals surface area contributed by atoms with Crippen molar-refractivity contribution in [3.05, 3.63) is 60.0 Å². The molecule has 5 N–H and O–H groups in total. The van der Waals surface area contributed by atoms with Gasteiger partial charge in [-0.2, -0.15) is 10.4 Å². The van der Waals surface area contributed by atoms with Crippen molar-refractivity contribution in [1.82, 2.24) is 14.6 Å². The zero-order chi connectivity index (χ0) is 27.7. The number of anilines is 1. The first-order valence-corrected chi connectivity index (χ1v) is 12.1. The van der Waals surface area contributed by atoms with Gasteiger partial charge in [-0.3, -0.25) is 9.59 Å². The molecular weight excluding hydrogens is 492 g/mol. The lowest BCUT2D eigenvalue weighted by Gasteiger charge is -2.28. The highest BCUT2D eigenvalue weighted by Crippen LogP contribution is 2.42. The van der Waals surface area contributed by atoms with Crippen LogP contribution in [0.2, 0.25) is 0 Å². The van der Waals surface area contributed by atoms with Crippen molar-refractivity contribution >= 4 is 23.3 Å². The van der Waals surface area contributed by atoms with Gasteiger partial charge in [-0.05, 0) is 30.5 Å². The molecule has 0 amide bonds. The maximum absolute atomic E-state index is 12.8. The van der Waals surface area contributed by atoms with Gasteiger partial charge in [-0.1, -0.05) is 44.2 Å². The van der Waals surface area contributed by atoms with Crippen LogP contribution in [0.3, 0.4) is 0 Å². The van der Waals surface area contributed by atoms with E-state index in [1.807, 2.05) is 12.1 Å². The van der Waals surface area contributed by atoms with Crippen LogP contribution in [0, 0.1) is 17.2 Å². The van der Waals surface area contributed by atoms with Crippen LogP contribution in [0.1, 0.15) is 32.0 Å². The van der Waals surface area contributed by atoms with E-state index in [0.29, 0.717) is 11.1 Å². The molecule has 5 atom stereocenters. The number of benzene rings is 1. The van der Waals surface area contributed by atoms with Crippen LogP contribution in [0.5, 0.6) is 0 Å². The van der Waals surface area contributed by atoms with Gasteiger partial charge >= 0.3 is 11.9 Å². The summed E-state index contributed by atoms with van der Waals surface area (Å²) in [6, 6.07) is 14.0. The minimum Gasteiger partial charge on any atom is -0.461 e. The second-order valence-corrected chi connectivity index (χ2v) is 9.76. The number of nitrogens with zero attached hydrogens (tertiary/aromatic N) is 4. The van der Waals surface area contributed by atoms with Gasteiger partial charge in [-0.15, -0.1) is 0 Å². The number of carbonyl (C=O) groups excluding carboxylic acids is 2. The number of esters is 2. The van der Waals surface area contributed by atoms with Gasteiger partial charge in [0.1, 0.15) is 42.3 Å². The number of nitriles is 1. The number of hydrogen-bond donors (Lipinski definition) is 3. The van der Waals surface area contributed by atoms with Crippen molar-refractivity contribution in [1.29, 1.82) is 5.26 Å². The topological polar surface area (TPSA) is 188 Å². The molecule has 3 heterocycles. The van der Waals surface area contributed by atoms with Gasteiger partial charge in [0.05, 0.1) is 12.1 Å². The molecule has 12 heteroatoms. The van der Waals surface area contributed by atoms with Gasteiger partial charge in [0.15, 0.2) is 11.9 Å². The minimum atomic E-state index is -2.04. The lowest BCUT2D eigenvalue weighted by atomic mass is 9.90. The Morgan fingerprint density at radius 2 is 2.00 bits per heavy atom. The summed E-state index contributed by atoms with van der Waals surface area (Å²) in [6.07, 6.45) is -3.10. The number of hydrogen-bond acceptors (Lipinski definition) is 11. The van der Waals surface area contributed by atoms with Gasteiger partial charge in [0.2, 0.25) is 5.60 Å². The number of nitrogen functional groups attached to an aromatic ring is 1. The fourth-order valence-electron chi connectivity index (χ4n) is 4.18. The van der Waals surface area contributed by atoms with Crippen LogP contribution >= 0.6 is 0 Å². The van der Waals surface area contributed by atoms with E-state index in [2.05, 4.69) is 10.1 Å². The molecular formula is C26H30N6O6. The van der Waals surface area contributed by atoms with Gasteiger partial charge < -0.3 is 30.8 Å². The first-order valence-electron chi connectivity index (χ1n) is 12.1. The van der Waals surface area contributed by atoms with Crippen LogP contribution in [0.25, 0.3) is 5.52 Å². The quantitative estimate of drug-likeness (QED) is 0.356. The molecule has 38 heavy (non-hydrogen) atoms. The molecule has 1 aliphatic rings. The standard InChI is InChI=1S/C26H30N6O6/c1-15(2)25(3,29)24(35)36-12-18-21(37-20(33)11-16-7-5-4-6-8-16)22(34)26(13-27,38-18)19-10-9-17-23(28)30-14-31-32(17)19/h4-10,14-15,18,21-22,34H,11-12,29H2,1-3H3,(H2,28,30,31)/t18-,21-,22-,25-,26+/m1/s1. The maximum atomic E-state index is 12.8. The second-order valence-electron chi connectivity index (χ2n) is 9.76. The van der Waals surface area contributed by atoms with E-state index in [0.717, 1.165) is 0 Å².